The molecule has 1 aromatic heterocycles. The zero-order valence-corrected chi connectivity index (χ0v) is 11.7. The first kappa shape index (κ1) is 15.9. The Morgan fingerprint density at radius 3 is 2.86 bits per heavy atom. The van der Waals surface area contributed by atoms with Crippen LogP contribution in [0.25, 0.3) is 0 Å². The molecule has 1 heterocycles. The van der Waals surface area contributed by atoms with E-state index in [1.165, 1.54) is 6.26 Å². The van der Waals surface area contributed by atoms with Crippen molar-refractivity contribution in [2.24, 2.45) is 0 Å². The molecule has 1 aliphatic carbocycles. The van der Waals surface area contributed by atoms with Crippen molar-refractivity contribution in [3.05, 3.63) is 23.7 Å². The number of aryl methyl sites for hydroxylation is 1. The van der Waals surface area contributed by atoms with Crippen LogP contribution in [0.4, 0.5) is 13.2 Å². The summed E-state index contributed by atoms with van der Waals surface area (Å²) in [6, 6.07) is 1.41. The third-order valence-electron chi connectivity index (χ3n) is 3.55. The molecular weight excluding hydrogens is 287 g/mol. The monoisotopic (exact) mass is 305 g/mol. The summed E-state index contributed by atoms with van der Waals surface area (Å²) in [5.74, 6) is 0.260. The van der Waals surface area contributed by atoms with E-state index < -0.39 is 18.9 Å². The Kier molecular flexibility index (Phi) is 4.92. The number of rotatable bonds is 4. The lowest BCUT2D eigenvalue weighted by atomic mass is 9.92. The average Bonchev–Trinajstić information content (AvgIpc) is 2.82. The maximum Gasteiger partial charge on any atom is 0.411 e. The molecule has 118 valence electrons. The number of nitrogens with one attached hydrogen (secondary N) is 1. The summed E-state index contributed by atoms with van der Waals surface area (Å²) in [5.41, 5.74) is 0.452. The zero-order chi connectivity index (χ0) is 15.5. The number of hydrogen-bond acceptors (Lipinski definition) is 3. The molecule has 1 amide bonds. The number of halogens is 3. The first-order valence-electron chi connectivity index (χ1n) is 6.88. The summed E-state index contributed by atoms with van der Waals surface area (Å²) in [5, 5.41) is 2.83. The van der Waals surface area contributed by atoms with Crippen molar-refractivity contribution in [3.63, 3.8) is 0 Å². The van der Waals surface area contributed by atoms with Crippen LogP contribution in [0.15, 0.2) is 16.7 Å². The van der Waals surface area contributed by atoms with Crippen LogP contribution in [0, 0.1) is 6.92 Å². The highest BCUT2D eigenvalue weighted by molar-refractivity contribution is 5.95. The van der Waals surface area contributed by atoms with Gasteiger partial charge in [0.1, 0.15) is 12.4 Å². The van der Waals surface area contributed by atoms with Gasteiger partial charge in [0.2, 0.25) is 0 Å². The molecule has 1 aliphatic rings. The van der Waals surface area contributed by atoms with E-state index in [9.17, 15) is 18.0 Å². The van der Waals surface area contributed by atoms with Gasteiger partial charge in [0.15, 0.2) is 0 Å². The first-order chi connectivity index (χ1) is 9.85. The molecule has 0 bridgehead atoms. The number of alkyl halides is 3. The molecule has 1 fully saturated rings. The van der Waals surface area contributed by atoms with Gasteiger partial charge in [-0.25, -0.2) is 0 Å². The van der Waals surface area contributed by atoms with Crippen molar-refractivity contribution in [1.82, 2.24) is 5.32 Å². The van der Waals surface area contributed by atoms with E-state index in [2.05, 4.69) is 5.32 Å². The van der Waals surface area contributed by atoms with Crippen LogP contribution >= 0.6 is 0 Å². The standard InChI is InChI=1S/C14H18F3NO3/c1-9-12(5-6-20-9)13(19)18-10-3-2-4-11(7-10)21-8-14(15,16)17/h5-6,10-11H,2-4,7-8H2,1H3,(H,18,19)/t10-,11+/m1/s1. The van der Waals surface area contributed by atoms with Crippen molar-refractivity contribution in [2.45, 2.75) is 50.9 Å². The topological polar surface area (TPSA) is 51.5 Å². The van der Waals surface area contributed by atoms with Crippen LogP contribution in [0.2, 0.25) is 0 Å². The molecule has 2 atom stereocenters. The largest absolute Gasteiger partial charge is 0.469 e. The summed E-state index contributed by atoms with van der Waals surface area (Å²) in [6.45, 7) is 0.449. The van der Waals surface area contributed by atoms with Crippen LogP contribution in [-0.2, 0) is 4.74 Å². The Labute approximate surface area is 120 Å². The lowest BCUT2D eigenvalue weighted by Gasteiger charge is -2.30. The molecule has 21 heavy (non-hydrogen) atoms. The number of furan rings is 1. The minimum atomic E-state index is -4.32. The first-order valence-corrected chi connectivity index (χ1v) is 6.88. The zero-order valence-electron chi connectivity index (χ0n) is 11.7. The Morgan fingerprint density at radius 2 is 2.24 bits per heavy atom. The molecule has 0 aromatic carbocycles. The summed E-state index contributed by atoms with van der Waals surface area (Å²) in [6.07, 6.45) is -0.876. The Hall–Kier alpha value is -1.50. The SMILES string of the molecule is Cc1occc1C(=O)N[C@@H]1CCC[C@H](OCC(F)(F)F)C1. The van der Waals surface area contributed by atoms with Crippen molar-refractivity contribution in [3.8, 4) is 0 Å². The molecular formula is C14H18F3NO3. The van der Waals surface area contributed by atoms with E-state index >= 15 is 0 Å². The van der Waals surface area contributed by atoms with Gasteiger partial charge >= 0.3 is 6.18 Å². The molecule has 7 heteroatoms. The van der Waals surface area contributed by atoms with E-state index in [1.807, 2.05) is 0 Å². The molecule has 0 aliphatic heterocycles. The lowest BCUT2D eigenvalue weighted by Crippen LogP contribution is -2.41. The molecule has 0 spiro atoms. The minimum absolute atomic E-state index is 0.168. The number of carbonyl (C=O) groups excluding carboxylic acids is 1. The van der Waals surface area contributed by atoms with Crippen molar-refractivity contribution >= 4 is 5.91 Å². The van der Waals surface area contributed by atoms with E-state index in [0.717, 1.165) is 12.8 Å². The maximum absolute atomic E-state index is 12.1. The summed E-state index contributed by atoms with van der Waals surface area (Å²) in [7, 11) is 0. The molecule has 1 aromatic rings. The fraction of sp³-hybridized carbons (Fsp3) is 0.643. The quantitative estimate of drug-likeness (QED) is 0.929. The molecule has 2 rings (SSSR count). The van der Waals surface area contributed by atoms with Crippen molar-refractivity contribution < 1.29 is 27.1 Å². The van der Waals surface area contributed by atoms with Crippen LogP contribution < -0.4 is 5.32 Å². The third kappa shape index (κ3) is 4.77. The highest BCUT2D eigenvalue weighted by Gasteiger charge is 2.31. The second kappa shape index (κ2) is 6.51. The predicted octanol–water partition coefficient (Wildman–Crippen LogP) is 3.21. The number of amides is 1. The molecule has 0 radical (unpaired) electrons. The van der Waals surface area contributed by atoms with E-state index in [0.29, 0.717) is 24.2 Å². The van der Waals surface area contributed by atoms with E-state index in [4.69, 9.17) is 9.15 Å². The highest BCUT2D eigenvalue weighted by atomic mass is 19.4. The third-order valence-corrected chi connectivity index (χ3v) is 3.55. The van der Waals surface area contributed by atoms with Crippen molar-refractivity contribution in [2.75, 3.05) is 6.61 Å². The second-order valence-electron chi connectivity index (χ2n) is 5.28. The average molecular weight is 305 g/mol. The lowest BCUT2D eigenvalue weighted by molar-refractivity contribution is -0.188. The fourth-order valence-corrected chi connectivity index (χ4v) is 2.52. The summed E-state index contributed by atoms with van der Waals surface area (Å²) in [4.78, 5) is 12.0. The van der Waals surface area contributed by atoms with Gasteiger partial charge in [-0.2, -0.15) is 13.2 Å². The van der Waals surface area contributed by atoms with Gasteiger partial charge in [0, 0.05) is 6.04 Å². The van der Waals surface area contributed by atoms with Crippen LogP contribution in [0.3, 0.4) is 0 Å². The molecule has 0 unspecified atom stereocenters. The minimum Gasteiger partial charge on any atom is -0.469 e. The normalized spacial score (nSPS) is 23.0. The van der Waals surface area contributed by atoms with Gasteiger partial charge < -0.3 is 14.5 Å². The number of ether oxygens (including phenoxy) is 1. The van der Waals surface area contributed by atoms with Crippen LogP contribution in [0.1, 0.15) is 41.8 Å². The second-order valence-corrected chi connectivity index (χ2v) is 5.28. The summed E-state index contributed by atoms with van der Waals surface area (Å²) >= 11 is 0. The molecule has 4 nitrogen and oxygen atoms in total. The Balaban J connectivity index is 1.84. The number of hydrogen-bond donors (Lipinski definition) is 1. The smallest absolute Gasteiger partial charge is 0.411 e. The van der Waals surface area contributed by atoms with E-state index in [-0.39, 0.29) is 11.9 Å². The summed E-state index contributed by atoms with van der Waals surface area (Å²) < 4.78 is 46.4. The molecule has 0 saturated heterocycles. The number of carbonyl (C=O) groups is 1. The Morgan fingerprint density at radius 1 is 1.48 bits per heavy atom. The van der Waals surface area contributed by atoms with E-state index in [1.54, 1.807) is 13.0 Å². The predicted molar refractivity (Wildman–Crippen MR) is 69.0 cm³/mol. The van der Waals surface area contributed by atoms with Gasteiger partial charge in [-0.05, 0) is 38.7 Å². The van der Waals surface area contributed by atoms with Gasteiger partial charge in [0.05, 0.1) is 17.9 Å². The molecule has 1 saturated carbocycles. The maximum atomic E-state index is 12.1. The highest BCUT2D eigenvalue weighted by Crippen LogP contribution is 2.24. The van der Waals surface area contributed by atoms with Gasteiger partial charge in [-0.1, -0.05) is 0 Å². The fourth-order valence-electron chi connectivity index (χ4n) is 2.52. The van der Waals surface area contributed by atoms with Gasteiger partial charge in [-0.3, -0.25) is 4.79 Å². The Bertz CT molecular complexity index is 484. The van der Waals surface area contributed by atoms with Crippen LogP contribution in [-0.4, -0.2) is 30.8 Å². The van der Waals surface area contributed by atoms with Gasteiger partial charge in [-0.15, -0.1) is 0 Å². The van der Waals surface area contributed by atoms with Crippen LogP contribution in [0.5, 0.6) is 0 Å². The van der Waals surface area contributed by atoms with Gasteiger partial charge in [0.25, 0.3) is 5.91 Å². The molecule has 1 N–H and O–H groups in total. The van der Waals surface area contributed by atoms with Crippen molar-refractivity contribution in [1.29, 1.82) is 0 Å².